The van der Waals surface area contributed by atoms with E-state index in [1.807, 2.05) is 54.6 Å². The van der Waals surface area contributed by atoms with Gasteiger partial charge in [0.25, 0.3) is 0 Å². The molecule has 0 aliphatic heterocycles. The van der Waals surface area contributed by atoms with Crippen molar-refractivity contribution in [2.45, 2.75) is 6.04 Å². The number of para-hydroxylation sites is 1. The van der Waals surface area contributed by atoms with Crippen LogP contribution in [0, 0.1) is 11.3 Å². The Balaban J connectivity index is 2.20. The number of hydrogen-bond acceptors (Lipinski definition) is 3. The third-order valence-corrected chi connectivity index (χ3v) is 2.34. The van der Waals surface area contributed by atoms with E-state index in [0.717, 1.165) is 11.3 Å². The molecule has 0 saturated carbocycles. The molecule has 84 valence electrons. The van der Waals surface area contributed by atoms with E-state index >= 15 is 0 Å². The van der Waals surface area contributed by atoms with Gasteiger partial charge < -0.3 is 10.5 Å². The van der Waals surface area contributed by atoms with E-state index in [0.29, 0.717) is 5.75 Å². The number of ether oxygens (including phenoxy) is 1. The van der Waals surface area contributed by atoms with Crippen LogP contribution in [0.2, 0.25) is 0 Å². The van der Waals surface area contributed by atoms with Crippen molar-refractivity contribution in [2.75, 3.05) is 0 Å². The van der Waals surface area contributed by atoms with Gasteiger partial charge in [-0.05, 0) is 29.8 Å². The van der Waals surface area contributed by atoms with Gasteiger partial charge in [-0.2, -0.15) is 5.26 Å². The van der Waals surface area contributed by atoms with E-state index in [9.17, 15) is 0 Å². The summed E-state index contributed by atoms with van der Waals surface area (Å²) in [6.45, 7) is 0. The van der Waals surface area contributed by atoms with Gasteiger partial charge in [0.15, 0.2) is 0 Å². The van der Waals surface area contributed by atoms with E-state index in [1.165, 1.54) is 0 Å². The second kappa shape index (κ2) is 5.15. The summed E-state index contributed by atoms with van der Waals surface area (Å²) in [4.78, 5) is 0. The number of nitrogens with two attached hydrogens (primary N) is 1. The molecule has 3 heteroatoms. The number of nitriles is 1. The Morgan fingerprint density at radius 2 is 1.71 bits per heavy atom. The Morgan fingerprint density at radius 3 is 2.41 bits per heavy atom. The van der Waals surface area contributed by atoms with Crippen LogP contribution in [0.15, 0.2) is 54.6 Å². The maximum absolute atomic E-state index is 8.75. The second-order valence-electron chi connectivity index (χ2n) is 3.59. The van der Waals surface area contributed by atoms with Crippen LogP contribution < -0.4 is 10.5 Å². The summed E-state index contributed by atoms with van der Waals surface area (Å²) in [5.41, 5.74) is 6.39. The fraction of sp³-hybridized carbons (Fsp3) is 0.0714. The smallest absolute Gasteiger partial charge is 0.127 e. The molecule has 0 amide bonds. The summed E-state index contributed by atoms with van der Waals surface area (Å²) in [6.07, 6.45) is 0. The molecule has 0 spiro atoms. The lowest BCUT2D eigenvalue weighted by atomic mass is 10.1. The van der Waals surface area contributed by atoms with Gasteiger partial charge in [-0.3, -0.25) is 0 Å². The minimum Gasteiger partial charge on any atom is -0.457 e. The van der Waals surface area contributed by atoms with Crippen LogP contribution in [-0.4, -0.2) is 0 Å². The molecule has 17 heavy (non-hydrogen) atoms. The van der Waals surface area contributed by atoms with Crippen molar-refractivity contribution in [2.24, 2.45) is 5.73 Å². The number of hydrogen-bond donors (Lipinski definition) is 1. The molecular formula is C14H12N2O. The van der Waals surface area contributed by atoms with Crippen LogP contribution >= 0.6 is 0 Å². The number of benzene rings is 2. The molecule has 2 aromatic rings. The fourth-order valence-corrected chi connectivity index (χ4v) is 1.47. The first-order chi connectivity index (χ1) is 8.29. The minimum atomic E-state index is -0.616. The molecule has 0 bridgehead atoms. The predicted molar refractivity (Wildman–Crippen MR) is 65.5 cm³/mol. The Bertz CT molecular complexity index is 531. The zero-order chi connectivity index (χ0) is 12.1. The van der Waals surface area contributed by atoms with Crippen LogP contribution in [0.25, 0.3) is 0 Å². The van der Waals surface area contributed by atoms with E-state index in [2.05, 4.69) is 0 Å². The van der Waals surface area contributed by atoms with E-state index < -0.39 is 6.04 Å². The maximum Gasteiger partial charge on any atom is 0.127 e. The summed E-state index contributed by atoms with van der Waals surface area (Å²) in [7, 11) is 0. The monoisotopic (exact) mass is 224 g/mol. The summed E-state index contributed by atoms with van der Waals surface area (Å²) in [6, 6.07) is 18.1. The minimum absolute atomic E-state index is 0.616. The van der Waals surface area contributed by atoms with Crippen LogP contribution in [-0.2, 0) is 0 Å². The van der Waals surface area contributed by atoms with Gasteiger partial charge in [-0.25, -0.2) is 0 Å². The Morgan fingerprint density at radius 1 is 1.00 bits per heavy atom. The van der Waals surface area contributed by atoms with Crippen molar-refractivity contribution in [3.8, 4) is 17.6 Å². The molecule has 0 aliphatic carbocycles. The molecule has 2 N–H and O–H groups in total. The maximum atomic E-state index is 8.75. The molecule has 0 saturated heterocycles. The van der Waals surface area contributed by atoms with E-state index in [-0.39, 0.29) is 0 Å². The first-order valence-electron chi connectivity index (χ1n) is 5.27. The average Bonchev–Trinajstić information content (AvgIpc) is 2.39. The SMILES string of the molecule is N#C[C@H](N)c1cccc(Oc2ccccc2)c1. The van der Waals surface area contributed by atoms with Crippen LogP contribution in [0.4, 0.5) is 0 Å². The van der Waals surface area contributed by atoms with Gasteiger partial charge in [0.05, 0.1) is 6.07 Å². The normalized spacial score (nSPS) is 11.5. The van der Waals surface area contributed by atoms with Gasteiger partial charge >= 0.3 is 0 Å². The Kier molecular flexibility index (Phi) is 3.39. The molecule has 1 atom stereocenters. The topological polar surface area (TPSA) is 59.0 Å². The quantitative estimate of drug-likeness (QED) is 0.871. The predicted octanol–water partition coefficient (Wildman–Crippen LogP) is 3.00. The highest BCUT2D eigenvalue weighted by Crippen LogP contribution is 2.23. The summed E-state index contributed by atoms with van der Waals surface area (Å²) < 4.78 is 5.65. The molecule has 0 aliphatic rings. The summed E-state index contributed by atoms with van der Waals surface area (Å²) in [5.74, 6) is 1.44. The van der Waals surface area contributed by atoms with Crippen molar-refractivity contribution in [3.05, 3.63) is 60.2 Å². The molecule has 0 heterocycles. The Hall–Kier alpha value is -2.31. The van der Waals surface area contributed by atoms with E-state index in [4.69, 9.17) is 15.7 Å². The van der Waals surface area contributed by atoms with Crippen molar-refractivity contribution >= 4 is 0 Å². The van der Waals surface area contributed by atoms with Gasteiger partial charge in [-0.15, -0.1) is 0 Å². The molecule has 0 fully saturated rings. The zero-order valence-corrected chi connectivity index (χ0v) is 9.21. The van der Waals surface area contributed by atoms with E-state index in [1.54, 1.807) is 6.07 Å². The zero-order valence-electron chi connectivity index (χ0n) is 9.21. The largest absolute Gasteiger partial charge is 0.457 e. The van der Waals surface area contributed by atoms with Crippen LogP contribution in [0.5, 0.6) is 11.5 Å². The standard InChI is InChI=1S/C14H12N2O/c15-10-14(16)11-5-4-8-13(9-11)17-12-6-2-1-3-7-12/h1-9,14H,16H2/t14-/m0/s1. The third-order valence-electron chi connectivity index (χ3n) is 2.34. The third kappa shape index (κ3) is 2.83. The number of nitrogens with zero attached hydrogens (tertiary/aromatic N) is 1. The summed E-state index contributed by atoms with van der Waals surface area (Å²) >= 11 is 0. The highest BCUT2D eigenvalue weighted by molar-refractivity contribution is 5.36. The lowest BCUT2D eigenvalue weighted by Gasteiger charge is -2.08. The summed E-state index contributed by atoms with van der Waals surface area (Å²) in [5, 5.41) is 8.75. The number of rotatable bonds is 3. The molecular weight excluding hydrogens is 212 g/mol. The molecule has 2 rings (SSSR count). The van der Waals surface area contributed by atoms with Crippen LogP contribution in [0.1, 0.15) is 11.6 Å². The molecule has 3 nitrogen and oxygen atoms in total. The first-order valence-corrected chi connectivity index (χ1v) is 5.27. The Labute approximate surface area is 100 Å². The molecule has 2 aromatic carbocycles. The van der Waals surface area contributed by atoms with Crippen LogP contribution in [0.3, 0.4) is 0 Å². The fourth-order valence-electron chi connectivity index (χ4n) is 1.47. The van der Waals surface area contributed by atoms with Gasteiger partial charge in [0.1, 0.15) is 17.5 Å². The van der Waals surface area contributed by atoms with Gasteiger partial charge in [-0.1, -0.05) is 30.3 Å². The molecule has 0 aromatic heterocycles. The van der Waals surface area contributed by atoms with Crippen molar-refractivity contribution < 1.29 is 4.74 Å². The molecule has 0 unspecified atom stereocenters. The average molecular weight is 224 g/mol. The highest BCUT2D eigenvalue weighted by Gasteiger charge is 2.05. The molecule has 0 radical (unpaired) electrons. The lowest BCUT2D eigenvalue weighted by Crippen LogP contribution is -2.06. The van der Waals surface area contributed by atoms with Gasteiger partial charge in [0, 0.05) is 0 Å². The second-order valence-corrected chi connectivity index (χ2v) is 3.59. The lowest BCUT2D eigenvalue weighted by molar-refractivity contribution is 0.482. The first kappa shape index (κ1) is 11.2. The van der Waals surface area contributed by atoms with Crippen molar-refractivity contribution in [3.63, 3.8) is 0 Å². The van der Waals surface area contributed by atoms with Crippen molar-refractivity contribution in [1.82, 2.24) is 0 Å². The van der Waals surface area contributed by atoms with Crippen molar-refractivity contribution in [1.29, 1.82) is 5.26 Å². The van der Waals surface area contributed by atoms with Gasteiger partial charge in [0.2, 0.25) is 0 Å². The highest BCUT2D eigenvalue weighted by atomic mass is 16.5.